The first-order valence-corrected chi connectivity index (χ1v) is 8.59. The van der Waals surface area contributed by atoms with Crippen LogP contribution in [0.5, 0.6) is 0 Å². The standard InChI is InChI=1S/C17H27Cl2NO/c1-5-17(6-2,21-8-4)16(20-7-3)12-13-9-10-14(18)15(19)11-13/h9-11,16,20H,5-8,12H2,1-4H3. The second-order valence-corrected chi connectivity index (χ2v) is 6.08. The molecule has 0 saturated heterocycles. The van der Waals surface area contributed by atoms with Crippen molar-refractivity contribution in [2.24, 2.45) is 0 Å². The SMILES string of the molecule is CCNC(Cc1ccc(Cl)c(Cl)c1)C(CC)(CC)OCC. The summed E-state index contributed by atoms with van der Waals surface area (Å²) in [5, 5.41) is 4.80. The van der Waals surface area contributed by atoms with E-state index >= 15 is 0 Å². The van der Waals surface area contributed by atoms with Gasteiger partial charge in [0.15, 0.2) is 0 Å². The zero-order chi connectivity index (χ0) is 15.9. The van der Waals surface area contributed by atoms with Crippen molar-refractivity contribution in [1.82, 2.24) is 5.32 Å². The van der Waals surface area contributed by atoms with Gasteiger partial charge in [-0.2, -0.15) is 0 Å². The van der Waals surface area contributed by atoms with E-state index < -0.39 is 0 Å². The average Bonchev–Trinajstić information content (AvgIpc) is 2.48. The second-order valence-electron chi connectivity index (χ2n) is 5.27. The predicted molar refractivity (Wildman–Crippen MR) is 92.6 cm³/mol. The minimum absolute atomic E-state index is 0.142. The van der Waals surface area contributed by atoms with Crippen LogP contribution in [0, 0.1) is 0 Å². The van der Waals surface area contributed by atoms with E-state index in [1.165, 1.54) is 5.56 Å². The van der Waals surface area contributed by atoms with Crippen molar-refractivity contribution in [2.75, 3.05) is 13.2 Å². The molecule has 4 heteroatoms. The summed E-state index contributed by atoms with van der Waals surface area (Å²) in [4.78, 5) is 0. The lowest BCUT2D eigenvalue weighted by molar-refractivity contribution is -0.0715. The van der Waals surface area contributed by atoms with Crippen molar-refractivity contribution in [1.29, 1.82) is 0 Å². The summed E-state index contributed by atoms with van der Waals surface area (Å²) in [5.74, 6) is 0. The molecule has 0 heterocycles. The third-order valence-corrected chi connectivity index (χ3v) is 4.88. The monoisotopic (exact) mass is 331 g/mol. The van der Waals surface area contributed by atoms with E-state index in [4.69, 9.17) is 27.9 Å². The zero-order valence-corrected chi connectivity index (χ0v) is 15.0. The summed E-state index contributed by atoms with van der Waals surface area (Å²) in [6.07, 6.45) is 2.85. The van der Waals surface area contributed by atoms with E-state index in [-0.39, 0.29) is 11.6 Å². The molecular formula is C17H27Cl2NO. The quantitative estimate of drug-likeness (QED) is 0.678. The first-order chi connectivity index (χ1) is 10.0. The van der Waals surface area contributed by atoms with Crippen LogP contribution in [0.2, 0.25) is 10.0 Å². The molecule has 0 aromatic heterocycles. The molecule has 0 aliphatic heterocycles. The fourth-order valence-electron chi connectivity index (χ4n) is 2.93. The van der Waals surface area contributed by atoms with Crippen molar-refractivity contribution in [3.63, 3.8) is 0 Å². The number of rotatable bonds is 9. The van der Waals surface area contributed by atoms with Gasteiger partial charge in [-0.1, -0.05) is 50.0 Å². The van der Waals surface area contributed by atoms with Gasteiger partial charge in [0.05, 0.1) is 15.6 Å². The van der Waals surface area contributed by atoms with E-state index in [1.54, 1.807) is 0 Å². The average molecular weight is 332 g/mol. The molecule has 1 rings (SSSR count). The summed E-state index contributed by atoms with van der Waals surface area (Å²) >= 11 is 12.1. The molecule has 1 unspecified atom stereocenters. The van der Waals surface area contributed by atoms with Crippen LogP contribution < -0.4 is 5.32 Å². The van der Waals surface area contributed by atoms with E-state index in [0.717, 1.165) is 32.4 Å². The lowest BCUT2D eigenvalue weighted by Crippen LogP contribution is -2.53. The Morgan fingerprint density at radius 2 is 1.76 bits per heavy atom. The van der Waals surface area contributed by atoms with E-state index in [1.807, 2.05) is 18.2 Å². The van der Waals surface area contributed by atoms with Crippen molar-refractivity contribution in [3.8, 4) is 0 Å². The summed E-state index contributed by atoms with van der Waals surface area (Å²) in [5.41, 5.74) is 1.04. The van der Waals surface area contributed by atoms with Gasteiger partial charge in [0.25, 0.3) is 0 Å². The number of likely N-dealkylation sites (N-methyl/N-ethyl adjacent to an activating group) is 1. The third kappa shape index (κ3) is 4.85. The van der Waals surface area contributed by atoms with E-state index in [0.29, 0.717) is 10.0 Å². The fourth-order valence-corrected chi connectivity index (χ4v) is 3.25. The maximum atomic E-state index is 6.15. The van der Waals surface area contributed by atoms with Crippen LogP contribution in [0.1, 0.15) is 46.1 Å². The summed E-state index contributed by atoms with van der Waals surface area (Å²) in [7, 11) is 0. The Kier molecular flexibility index (Phi) is 8.04. The molecule has 120 valence electrons. The van der Waals surface area contributed by atoms with Crippen molar-refractivity contribution in [3.05, 3.63) is 33.8 Å². The van der Waals surface area contributed by atoms with Crippen LogP contribution >= 0.6 is 23.2 Å². The molecule has 0 bridgehead atoms. The smallest absolute Gasteiger partial charge is 0.0832 e. The molecule has 1 aromatic carbocycles. The summed E-state index contributed by atoms with van der Waals surface area (Å²) < 4.78 is 6.15. The van der Waals surface area contributed by atoms with Gasteiger partial charge >= 0.3 is 0 Å². The molecule has 1 N–H and O–H groups in total. The molecule has 0 fully saturated rings. The Morgan fingerprint density at radius 3 is 2.24 bits per heavy atom. The fraction of sp³-hybridized carbons (Fsp3) is 0.647. The molecule has 2 nitrogen and oxygen atoms in total. The number of nitrogens with one attached hydrogen (secondary N) is 1. The van der Waals surface area contributed by atoms with Crippen LogP contribution in [0.4, 0.5) is 0 Å². The number of hydrogen-bond acceptors (Lipinski definition) is 2. The Hall–Kier alpha value is -0.280. The Balaban J connectivity index is 3.01. The van der Waals surface area contributed by atoms with Crippen LogP contribution in [0.25, 0.3) is 0 Å². The largest absolute Gasteiger partial charge is 0.374 e. The van der Waals surface area contributed by atoms with Gasteiger partial charge in [0.1, 0.15) is 0 Å². The molecule has 0 aliphatic rings. The van der Waals surface area contributed by atoms with Crippen LogP contribution in [0.3, 0.4) is 0 Å². The van der Waals surface area contributed by atoms with Gasteiger partial charge in [0, 0.05) is 12.6 Å². The molecule has 0 radical (unpaired) electrons. The van der Waals surface area contributed by atoms with Crippen molar-refractivity contribution in [2.45, 2.75) is 58.6 Å². The van der Waals surface area contributed by atoms with Crippen molar-refractivity contribution < 1.29 is 4.74 Å². The van der Waals surface area contributed by atoms with Gasteiger partial charge < -0.3 is 10.1 Å². The molecule has 0 saturated carbocycles. The van der Waals surface area contributed by atoms with Gasteiger partial charge in [-0.25, -0.2) is 0 Å². The molecule has 0 aliphatic carbocycles. The normalized spacial score (nSPS) is 13.4. The highest BCUT2D eigenvalue weighted by atomic mass is 35.5. The minimum Gasteiger partial charge on any atom is -0.374 e. The first-order valence-electron chi connectivity index (χ1n) is 7.84. The number of benzene rings is 1. The third-order valence-electron chi connectivity index (χ3n) is 4.14. The highest BCUT2D eigenvalue weighted by molar-refractivity contribution is 6.42. The second kappa shape index (κ2) is 8.99. The lowest BCUT2D eigenvalue weighted by atomic mass is 9.84. The Labute approximate surface area is 139 Å². The molecular weight excluding hydrogens is 305 g/mol. The highest BCUT2D eigenvalue weighted by Crippen LogP contribution is 2.29. The molecule has 0 amide bonds. The summed E-state index contributed by atoms with van der Waals surface area (Å²) in [6.45, 7) is 10.2. The molecule has 1 aromatic rings. The molecule has 1 atom stereocenters. The Bertz CT molecular complexity index is 433. The maximum absolute atomic E-state index is 6.15. The van der Waals surface area contributed by atoms with Crippen LogP contribution in [0.15, 0.2) is 18.2 Å². The Morgan fingerprint density at radius 1 is 1.10 bits per heavy atom. The van der Waals surface area contributed by atoms with E-state index in [2.05, 4.69) is 33.0 Å². The predicted octanol–water partition coefficient (Wildman–Crippen LogP) is 5.11. The van der Waals surface area contributed by atoms with Crippen LogP contribution in [-0.2, 0) is 11.2 Å². The zero-order valence-electron chi connectivity index (χ0n) is 13.5. The molecule has 0 spiro atoms. The van der Waals surface area contributed by atoms with Gasteiger partial charge in [-0.3, -0.25) is 0 Å². The molecule has 21 heavy (non-hydrogen) atoms. The highest BCUT2D eigenvalue weighted by Gasteiger charge is 2.36. The van der Waals surface area contributed by atoms with E-state index in [9.17, 15) is 0 Å². The maximum Gasteiger partial charge on any atom is 0.0832 e. The topological polar surface area (TPSA) is 21.3 Å². The number of hydrogen-bond donors (Lipinski definition) is 1. The van der Waals surface area contributed by atoms with Gasteiger partial charge in [0.2, 0.25) is 0 Å². The number of ether oxygens (including phenoxy) is 1. The minimum atomic E-state index is -0.142. The van der Waals surface area contributed by atoms with Gasteiger partial charge in [-0.05, 0) is 50.4 Å². The number of halogens is 2. The van der Waals surface area contributed by atoms with Crippen molar-refractivity contribution >= 4 is 23.2 Å². The first kappa shape index (κ1) is 18.8. The lowest BCUT2D eigenvalue weighted by Gasteiger charge is -2.40. The van der Waals surface area contributed by atoms with Crippen LogP contribution in [-0.4, -0.2) is 24.8 Å². The van der Waals surface area contributed by atoms with Gasteiger partial charge in [-0.15, -0.1) is 0 Å². The summed E-state index contributed by atoms with van der Waals surface area (Å²) in [6, 6.07) is 6.12.